The number of nitrogens with two attached hydrogens (primary N) is 1. The molecule has 0 radical (unpaired) electrons. The number of hydrogen-bond acceptors (Lipinski definition) is 6. The predicted molar refractivity (Wildman–Crippen MR) is 74.6 cm³/mol. The van der Waals surface area contributed by atoms with Gasteiger partial charge in [0.15, 0.2) is 0 Å². The molecule has 1 aromatic carbocycles. The van der Waals surface area contributed by atoms with Gasteiger partial charge >= 0.3 is 5.97 Å². The van der Waals surface area contributed by atoms with Crippen molar-refractivity contribution >= 4 is 11.7 Å². The molecule has 0 saturated carbocycles. The van der Waals surface area contributed by atoms with Crippen LogP contribution < -0.4 is 10.5 Å². The second-order valence-corrected chi connectivity index (χ2v) is 3.97. The van der Waals surface area contributed by atoms with E-state index in [1.54, 1.807) is 12.1 Å². The number of anilines is 1. The van der Waals surface area contributed by atoms with Crippen LogP contribution in [0.25, 0.3) is 0 Å². The Bertz CT molecular complexity index is 380. The van der Waals surface area contributed by atoms with E-state index in [0.29, 0.717) is 38.7 Å². The molecule has 6 nitrogen and oxygen atoms in total. The minimum atomic E-state index is -0.275. The number of methoxy groups -OCH3 is 1. The summed E-state index contributed by atoms with van der Waals surface area (Å²) in [5.41, 5.74) is 6.27. The van der Waals surface area contributed by atoms with Crippen molar-refractivity contribution in [2.24, 2.45) is 0 Å². The molecule has 0 heterocycles. The molecule has 1 aromatic rings. The van der Waals surface area contributed by atoms with Crippen molar-refractivity contribution in [2.75, 3.05) is 45.9 Å². The van der Waals surface area contributed by atoms with Crippen LogP contribution in [0.2, 0.25) is 0 Å². The van der Waals surface area contributed by atoms with Crippen LogP contribution in [0, 0.1) is 0 Å². The van der Waals surface area contributed by atoms with Gasteiger partial charge in [0.2, 0.25) is 0 Å². The van der Waals surface area contributed by atoms with Crippen LogP contribution >= 0.6 is 0 Å². The number of nitrogen functional groups attached to an aromatic ring is 1. The molecule has 0 saturated heterocycles. The maximum absolute atomic E-state index is 10.8. The molecule has 0 bridgehead atoms. The summed E-state index contributed by atoms with van der Waals surface area (Å²) in [6.07, 6.45) is 0.261. The van der Waals surface area contributed by atoms with Gasteiger partial charge in [0.1, 0.15) is 12.4 Å². The van der Waals surface area contributed by atoms with Crippen molar-refractivity contribution in [3.63, 3.8) is 0 Å². The molecule has 112 valence electrons. The Morgan fingerprint density at radius 3 is 2.25 bits per heavy atom. The van der Waals surface area contributed by atoms with Crippen LogP contribution in [-0.4, -0.2) is 46.1 Å². The van der Waals surface area contributed by atoms with Gasteiger partial charge in [-0.05, 0) is 24.3 Å². The Morgan fingerprint density at radius 2 is 1.60 bits per heavy atom. The van der Waals surface area contributed by atoms with E-state index in [9.17, 15) is 4.79 Å². The lowest BCUT2D eigenvalue weighted by Crippen LogP contribution is -2.12. The molecule has 0 aromatic heterocycles. The molecule has 6 heteroatoms. The zero-order valence-corrected chi connectivity index (χ0v) is 11.7. The molecular weight excluding hydrogens is 262 g/mol. The lowest BCUT2D eigenvalue weighted by atomic mass is 10.3. The summed E-state index contributed by atoms with van der Waals surface area (Å²) in [5, 5.41) is 0. The maximum Gasteiger partial charge on any atom is 0.307 e. The molecule has 2 N–H and O–H groups in total. The molecule has 20 heavy (non-hydrogen) atoms. The molecule has 0 aliphatic carbocycles. The molecule has 0 aliphatic heterocycles. The summed E-state index contributed by atoms with van der Waals surface area (Å²) in [5.74, 6) is 0.486. The van der Waals surface area contributed by atoms with E-state index in [4.69, 9.17) is 19.9 Å². The van der Waals surface area contributed by atoms with Crippen LogP contribution in [0.3, 0.4) is 0 Å². The van der Waals surface area contributed by atoms with Crippen LogP contribution in [0.15, 0.2) is 24.3 Å². The van der Waals surface area contributed by atoms with E-state index >= 15 is 0 Å². The highest BCUT2D eigenvalue weighted by Gasteiger charge is 1.99. The number of carbonyl (C=O) groups excluding carboxylic acids is 1. The van der Waals surface area contributed by atoms with Gasteiger partial charge in [-0.3, -0.25) is 4.79 Å². The Labute approximate surface area is 118 Å². The molecule has 0 aliphatic rings. The lowest BCUT2D eigenvalue weighted by Gasteiger charge is -2.07. The monoisotopic (exact) mass is 283 g/mol. The Kier molecular flexibility index (Phi) is 8.17. The highest BCUT2D eigenvalue weighted by molar-refractivity contribution is 5.69. The van der Waals surface area contributed by atoms with Crippen molar-refractivity contribution in [1.29, 1.82) is 0 Å². The first kappa shape index (κ1) is 16.3. The number of esters is 1. The second-order valence-electron chi connectivity index (χ2n) is 3.97. The highest BCUT2D eigenvalue weighted by Crippen LogP contribution is 2.12. The summed E-state index contributed by atoms with van der Waals surface area (Å²) in [6.45, 7) is 2.19. The van der Waals surface area contributed by atoms with E-state index in [0.717, 1.165) is 5.75 Å². The lowest BCUT2D eigenvalue weighted by molar-refractivity contribution is -0.141. The van der Waals surface area contributed by atoms with Crippen molar-refractivity contribution in [3.8, 4) is 5.75 Å². The van der Waals surface area contributed by atoms with E-state index in [-0.39, 0.29) is 12.4 Å². The molecular formula is C14H21NO5. The summed E-state index contributed by atoms with van der Waals surface area (Å²) < 4.78 is 20.5. The largest absolute Gasteiger partial charge is 0.491 e. The van der Waals surface area contributed by atoms with E-state index in [1.165, 1.54) is 7.11 Å². The number of hydrogen-bond donors (Lipinski definition) is 1. The Morgan fingerprint density at radius 1 is 1.00 bits per heavy atom. The van der Waals surface area contributed by atoms with Crippen LogP contribution in [0.5, 0.6) is 5.75 Å². The first-order chi connectivity index (χ1) is 9.72. The Hall–Kier alpha value is -1.79. The SMILES string of the molecule is COC(=O)CCOCCOCCOc1ccc(N)cc1. The van der Waals surface area contributed by atoms with Gasteiger partial charge in [-0.2, -0.15) is 0 Å². The molecule has 1 rings (SSSR count). The average Bonchev–Trinajstić information content (AvgIpc) is 2.47. The highest BCUT2D eigenvalue weighted by atomic mass is 16.5. The van der Waals surface area contributed by atoms with E-state index in [1.807, 2.05) is 12.1 Å². The van der Waals surface area contributed by atoms with Gasteiger partial charge in [-0.1, -0.05) is 0 Å². The zero-order chi connectivity index (χ0) is 14.6. The fraction of sp³-hybridized carbons (Fsp3) is 0.500. The van der Waals surface area contributed by atoms with Crippen LogP contribution in [-0.2, 0) is 19.0 Å². The molecule has 0 spiro atoms. The molecule has 0 amide bonds. The quantitative estimate of drug-likeness (QED) is 0.395. The fourth-order valence-corrected chi connectivity index (χ4v) is 1.36. The zero-order valence-electron chi connectivity index (χ0n) is 11.7. The minimum Gasteiger partial charge on any atom is -0.491 e. The van der Waals surface area contributed by atoms with Crippen LogP contribution in [0.4, 0.5) is 5.69 Å². The third-order valence-electron chi connectivity index (χ3n) is 2.43. The maximum atomic E-state index is 10.8. The summed E-state index contributed by atoms with van der Waals surface area (Å²) in [6, 6.07) is 7.19. The Balaban J connectivity index is 1.90. The number of carbonyl (C=O) groups is 1. The van der Waals surface area contributed by atoms with Crippen molar-refractivity contribution in [3.05, 3.63) is 24.3 Å². The van der Waals surface area contributed by atoms with E-state index in [2.05, 4.69) is 4.74 Å². The summed E-state index contributed by atoms with van der Waals surface area (Å²) in [7, 11) is 1.35. The molecule has 0 fully saturated rings. The smallest absolute Gasteiger partial charge is 0.307 e. The third kappa shape index (κ3) is 7.60. The third-order valence-corrected chi connectivity index (χ3v) is 2.43. The first-order valence-electron chi connectivity index (χ1n) is 6.43. The van der Waals surface area contributed by atoms with Crippen molar-refractivity contribution in [2.45, 2.75) is 6.42 Å². The number of ether oxygens (including phenoxy) is 4. The molecule has 0 unspecified atom stereocenters. The van der Waals surface area contributed by atoms with Gasteiger partial charge in [-0.15, -0.1) is 0 Å². The second kappa shape index (κ2) is 10.1. The standard InChI is InChI=1S/C14H21NO5/c1-17-14(16)6-7-18-8-9-19-10-11-20-13-4-2-12(15)3-5-13/h2-5H,6-11,15H2,1H3. The van der Waals surface area contributed by atoms with Gasteiger partial charge in [0, 0.05) is 5.69 Å². The average molecular weight is 283 g/mol. The normalized spacial score (nSPS) is 10.2. The van der Waals surface area contributed by atoms with Gasteiger partial charge < -0.3 is 24.7 Å². The minimum absolute atomic E-state index is 0.261. The van der Waals surface area contributed by atoms with E-state index < -0.39 is 0 Å². The summed E-state index contributed by atoms with van der Waals surface area (Å²) in [4.78, 5) is 10.8. The van der Waals surface area contributed by atoms with Crippen LogP contribution in [0.1, 0.15) is 6.42 Å². The van der Waals surface area contributed by atoms with Gasteiger partial charge in [-0.25, -0.2) is 0 Å². The first-order valence-corrected chi connectivity index (χ1v) is 6.43. The predicted octanol–water partition coefficient (Wildman–Crippen LogP) is 1.24. The van der Waals surface area contributed by atoms with Crippen molar-refractivity contribution < 1.29 is 23.7 Å². The molecule has 0 atom stereocenters. The number of benzene rings is 1. The van der Waals surface area contributed by atoms with Gasteiger partial charge in [0.25, 0.3) is 0 Å². The fourth-order valence-electron chi connectivity index (χ4n) is 1.36. The topological polar surface area (TPSA) is 80.0 Å². The summed E-state index contributed by atoms with van der Waals surface area (Å²) >= 11 is 0. The van der Waals surface area contributed by atoms with Crippen molar-refractivity contribution in [1.82, 2.24) is 0 Å². The number of rotatable bonds is 10. The van der Waals surface area contributed by atoms with Gasteiger partial charge in [0.05, 0.1) is 40.0 Å².